The van der Waals surface area contributed by atoms with Gasteiger partial charge in [0.15, 0.2) is 0 Å². The largest absolute Gasteiger partial charge is 0.497 e. The number of hydrogen-bond acceptors (Lipinski definition) is 4. The van der Waals surface area contributed by atoms with Crippen LogP contribution < -0.4 is 4.74 Å². The highest BCUT2D eigenvalue weighted by Crippen LogP contribution is 2.33. The molecule has 4 rings (SSSR count). The molecule has 1 saturated heterocycles. The van der Waals surface area contributed by atoms with Crippen LogP contribution in [0.1, 0.15) is 18.9 Å². The highest BCUT2D eigenvalue weighted by Gasteiger charge is 2.40. The molecule has 6 heteroatoms. The molecular weight excluding hydrogens is 366 g/mol. The smallest absolute Gasteiger partial charge is 0.310 e. The number of rotatable bonds is 6. The quantitative estimate of drug-likeness (QED) is 0.691. The fraction of sp³-hybridized carbons (Fsp3) is 0.304. The maximum absolute atomic E-state index is 11.6. The van der Waals surface area contributed by atoms with Crippen molar-refractivity contribution < 1.29 is 14.6 Å². The van der Waals surface area contributed by atoms with Crippen LogP contribution in [-0.4, -0.2) is 46.0 Å². The molecule has 1 atom stereocenters. The number of aliphatic carboxylic acids is 1. The van der Waals surface area contributed by atoms with E-state index in [1.165, 1.54) is 0 Å². The van der Waals surface area contributed by atoms with Gasteiger partial charge in [-0.05, 0) is 56.3 Å². The number of carboxylic acids is 1. The van der Waals surface area contributed by atoms with Crippen molar-refractivity contribution in [3.05, 3.63) is 66.4 Å². The van der Waals surface area contributed by atoms with E-state index in [1.54, 1.807) is 7.11 Å². The van der Waals surface area contributed by atoms with Gasteiger partial charge >= 0.3 is 5.97 Å². The Morgan fingerprint density at radius 2 is 1.90 bits per heavy atom. The summed E-state index contributed by atoms with van der Waals surface area (Å²) < 4.78 is 7.16. The average Bonchev–Trinajstić information content (AvgIpc) is 3.34. The first-order chi connectivity index (χ1) is 14.0. The topological polar surface area (TPSA) is 67.6 Å². The Labute approximate surface area is 170 Å². The second-order valence-corrected chi connectivity index (χ2v) is 7.84. The molecule has 150 valence electrons. The lowest BCUT2D eigenvalue weighted by atomic mass is 9.90. The van der Waals surface area contributed by atoms with E-state index >= 15 is 0 Å². The Morgan fingerprint density at radius 3 is 2.52 bits per heavy atom. The van der Waals surface area contributed by atoms with Crippen LogP contribution in [0.5, 0.6) is 5.75 Å². The number of nitrogens with zero attached hydrogens (tertiary/aromatic N) is 3. The fourth-order valence-corrected chi connectivity index (χ4v) is 3.84. The number of benzene rings is 2. The number of carboxylic acid groups (broad SMARTS) is 1. The van der Waals surface area contributed by atoms with E-state index < -0.39 is 11.4 Å². The summed E-state index contributed by atoms with van der Waals surface area (Å²) >= 11 is 0. The SMILES string of the molecule is COc1ccc(-c2nn(-c3ccccc3)cc2CN2CCC(C)(C(=O)O)C2)cc1. The molecule has 1 fully saturated rings. The molecule has 2 heterocycles. The van der Waals surface area contributed by atoms with E-state index in [1.807, 2.05) is 72.4 Å². The Kier molecular flexibility index (Phi) is 5.11. The number of aromatic nitrogens is 2. The Morgan fingerprint density at radius 1 is 1.17 bits per heavy atom. The van der Waals surface area contributed by atoms with Crippen molar-refractivity contribution in [1.82, 2.24) is 14.7 Å². The summed E-state index contributed by atoms with van der Waals surface area (Å²) in [5.74, 6) is 0.0740. The number of likely N-dealkylation sites (tertiary alicyclic amines) is 1. The van der Waals surface area contributed by atoms with E-state index in [2.05, 4.69) is 4.90 Å². The fourth-order valence-electron chi connectivity index (χ4n) is 3.84. The van der Waals surface area contributed by atoms with E-state index in [0.717, 1.165) is 34.8 Å². The minimum absolute atomic E-state index is 0.543. The van der Waals surface area contributed by atoms with Crippen molar-refractivity contribution in [3.63, 3.8) is 0 Å². The molecule has 3 aromatic rings. The zero-order valence-electron chi connectivity index (χ0n) is 16.7. The lowest BCUT2D eigenvalue weighted by molar-refractivity contribution is -0.147. The predicted octanol–water partition coefficient (Wildman–Crippen LogP) is 3.84. The van der Waals surface area contributed by atoms with Crippen LogP contribution in [0.2, 0.25) is 0 Å². The zero-order chi connectivity index (χ0) is 20.4. The number of ether oxygens (including phenoxy) is 1. The van der Waals surface area contributed by atoms with E-state index in [4.69, 9.17) is 9.84 Å². The Hall–Kier alpha value is -3.12. The molecule has 6 nitrogen and oxygen atoms in total. The molecular formula is C23H25N3O3. The number of hydrogen-bond donors (Lipinski definition) is 1. The molecule has 2 aromatic carbocycles. The minimum atomic E-state index is -0.727. The Bertz CT molecular complexity index is 998. The normalized spacial score (nSPS) is 19.4. The monoisotopic (exact) mass is 391 g/mol. The van der Waals surface area contributed by atoms with E-state index in [0.29, 0.717) is 19.5 Å². The van der Waals surface area contributed by atoms with Crippen LogP contribution in [0.15, 0.2) is 60.8 Å². The van der Waals surface area contributed by atoms with Crippen LogP contribution in [0.3, 0.4) is 0 Å². The third-order valence-corrected chi connectivity index (χ3v) is 5.64. The van der Waals surface area contributed by atoms with Gasteiger partial charge in [0, 0.05) is 30.4 Å². The summed E-state index contributed by atoms with van der Waals surface area (Å²) in [6.07, 6.45) is 2.71. The van der Waals surface area contributed by atoms with Gasteiger partial charge in [-0.15, -0.1) is 0 Å². The summed E-state index contributed by atoms with van der Waals surface area (Å²) in [4.78, 5) is 13.8. The van der Waals surface area contributed by atoms with E-state index in [9.17, 15) is 9.90 Å². The second-order valence-electron chi connectivity index (χ2n) is 7.84. The van der Waals surface area contributed by atoms with Gasteiger partial charge in [-0.3, -0.25) is 9.69 Å². The van der Waals surface area contributed by atoms with Crippen molar-refractivity contribution in [3.8, 4) is 22.7 Å². The second kappa shape index (κ2) is 7.72. The van der Waals surface area contributed by atoms with Crippen molar-refractivity contribution in [2.45, 2.75) is 19.9 Å². The summed E-state index contributed by atoms with van der Waals surface area (Å²) in [6.45, 7) is 3.80. The average molecular weight is 391 g/mol. The van der Waals surface area contributed by atoms with Crippen molar-refractivity contribution in [1.29, 1.82) is 0 Å². The summed E-state index contributed by atoms with van der Waals surface area (Å²) in [5.41, 5.74) is 3.30. The van der Waals surface area contributed by atoms with Crippen LogP contribution >= 0.6 is 0 Å². The number of methoxy groups -OCH3 is 1. The van der Waals surface area contributed by atoms with Crippen molar-refractivity contribution >= 4 is 5.97 Å². The maximum atomic E-state index is 11.6. The van der Waals surface area contributed by atoms with Crippen LogP contribution in [0.25, 0.3) is 16.9 Å². The molecule has 1 aliphatic rings. The molecule has 0 amide bonds. The molecule has 0 saturated carbocycles. The zero-order valence-corrected chi connectivity index (χ0v) is 16.7. The van der Waals surface area contributed by atoms with Gasteiger partial charge in [0.2, 0.25) is 0 Å². The molecule has 1 unspecified atom stereocenters. The molecule has 1 aliphatic heterocycles. The van der Waals surface area contributed by atoms with Crippen molar-refractivity contribution in [2.75, 3.05) is 20.2 Å². The summed E-state index contributed by atoms with van der Waals surface area (Å²) in [5, 5.41) is 14.4. The number of para-hydroxylation sites is 1. The summed E-state index contributed by atoms with van der Waals surface area (Å²) in [7, 11) is 1.65. The van der Waals surface area contributed by atoms with Gasteiger partial charge in [0.05, 0.1) is 23.9 Å². The van der Waals surface area contributed by atoms with Crippen LogP contribution in [0, 0.1) is 5.41 Å². The molecule has 0 radical (unpaired) electrons. The lowest BCUT2D eigenvalue weighted by Gasteiger charge is -2.20. The Balaban J connectivity index is 1.67. The first kappa shape index (κ1) is 19.2. The first-order valence-corrected chi connectivity index (χ1v) is 9.73. The van der Waals surface area contributed by atoms with Gasteiger partial charge in [-0.2, -0.15) is 5.10 Å². The summed E-state index contributed by atoms with van der Waals surface area (Å²) in [6, 6.07) is 17.9. The number of carbonyl (C=O) groups is 1. The lowest BCUT2D eigenvalue weighted by Crippen LogP contribution is -2.31. The first-order valence-electron chi connectivity index (χ1n) is 9.73. The van der Waals surface area contributed by atoms with Gasteiger partial charge in [0.25, 0.3) is 0 Å². The molecule has 0 aliphatic carbocycles. The highest BCUT2D eigenvalue weighted by atomic mass is 16.5. The van der Waals surface area contributed by atoms with Gasteiger partial charge in [-0.25, -0.2) is 4.68 Å². The van der Waals surface area contributed by atoms with Gasteiger partial charge in [0.1, 0.15) is 5.75 Å². The standard InChI is InChI=1S/C23H25N3O3/c1-23(22(27)28)12-13-25(16-23)14-18-15-26(19-6-4-3-5-7-19)24-21(18)17-8-10-20(29-2)11-9-17/h3-11,15H,12-14,16H2,1-2H3,(H,27,28). The van der Waals surface area contributed by atoms with Crippen LogP contribution in [0.4, 0.5) is 0 Å². The molecule has 29 heavy (non-hydrogen) atoms. The maximum Gasteiger partial charge on any atom is 0.310 e. The molecule has 1 N–H and O–H groups in total. The molecule has 0 spiro atoms. The highest BCUT2D eigenvalue weighted by molar-refractivity contribution is 5.75. The van der Waals surface area contributed by atoms with E-state index in [-0.39, 0.29) is 0 Å². The third kappa shape index (κ3) is 3.89. The third-order valence-electron chi connectivity index (χ3n) is 5.64. The van der Waals surface area contributed by atoms with Crippen molar-refractivity contribution in [2.24, 2.45) is 5.41 Å². The predicted molar refractivity (Wildman–Crippen MR) is 111 cm³/mol. The van der Waals surface area contributed by atoms with Gasteiger partial charge in [-0.1, -0.05) is 18.2 Å². The molecule has 0 bridgehead atoms. The minimum Gasteiger partial charge on any atom is -0.497 e. The van der Waals surface area contributed by atoms with Crippen LogP contribution in [-0.2, 0) is 11.3 Å². The van der Waals surface area contributed by atoms with Gasteiger partial charge < -0.3 is 9.84 Å². The molecule has 1 aromatic heterocycles.